The Balaban J connectivity index is 1.69. The Morgan fingerprint density at radius 2 is 1.29 bits per heavy atom. The molecule has 0 unspecified atom stereocenters. The average molecular weight is 452 g/mol. The maximum Gasteiger partial charge on any atom is 0.253 e. The summed E-state index contributed by atoms with van der Waals surface area (Å²) in [5.74, 6) is 0.939. The number of benzene rings is 3. The largest absolute Gasteiger partial charge is 0.338 e. The van der Waals surface area contributed by atoms with E-state index in [4.69, 9.17) is 5.10 Å². The average Bonchev–Trinajstić information content (AvgIpc) is 3.29. The third kappa shape index (κ3) is 5.45. The molecule has 4 nitrogen and oxygen atoms in total. The molecule has 3 aromatic carbocycles. The molecule has 0 saturated carbocycles. The van der Waals surface area contributed by atoms with E-state index in [9.17, 15) is 4.79 Å². The van der Waals surface area contributed by atoms with Crippen molar-refractivity contribution in [2.24, 2.45) is 11.8 Å². The van der Waals surface area contributed by atoms with Crippen LogP contribution in [-0.2, 0) is 0 Å². The minimum atomic E-state index is 0.0858. The van der Waals surface area contributed by atoms with Gasteiger partial charge in [0.15, 0.2) is 0 Å². The number of carbonyl (C=O) groups is 1. The van der Waals surface area contributed by atoms with Crippen LogP contribution in [0.5, 0.6) is 0 Å². The van der Waals surface area contributed by atoms with Crippen LogP contribution in [0.2, 0.25) is 0 Å². The van der Waals surface area contributed by atoms with Crippen LogP contribution in [0.1, 0.15) is 38.1 Å². The number of carbonyl (C=O) groups excluding carboxylic acids is 1. The molecule has 4 heteroatoms. The van der Waals surface area contributed by atoms with Crippen LogP contribution < -0.4 is 0 Å². The van der Waals surface area contributed by atoms with Crippen LogP contribution in [-0.4, -0.2) is 33.7 Å². The lowest BCUT2D eigenvalue weighted by atomic mass is 10.1. The molecule has 0 radical (unpaired) electrons. The van der Waals surface area contributed by atoms with Crippen molar-refractivity contribution in [3.63, 3.8) is 0 Å². The monoisotopic (exact) mass is 451 g/mol. The van der Waals surface area contributed by atoms with Crippen LogP contribution in [0, 0.1) is 11.8 Å². The maximum atomic E-state index is 13.2. The number of hydrogen-bond donors (Lipinski definition) is 0. The topological polar surface area (TPSA) is 38.1 Å². The van der Waals surface area contributed by atoms with E-state index < -0.39 is 0 Å². The molecule has 0 N–H and O–H groups in total. The quantitative estimate of drug-likeness (QED) is 0.290. The first-order valence-corrected chi connectivity index (χ1v) is 12.0. The summed E-state index contributed by atoms with van der Waals surface area (Å²) in [4.78, 5) is 15.2. The van der Waals surface area contributed by atoms with E-state index in [2.05, 4.69) is 58.0 Å². The van der Waals surface area contributed by atoms with Crippen LogP contribution >= 0.6 is 0 Å². The Labute approximate surface area is 202 Å². The Hall–Kier alpha value is -3.66. The number of aromatic nitrogens is 2. The van der Waals surface area contributed by atoms with Gasteiger partial charge >= 0.3 is 0 Å². The number of hydrogen-bond acceptors (Lipinski definition) is 2. The summed E-state index contributed by atoms with van der Waals surface area (Å²) in [6, 6.07) is 30.4. The van der Waals surface area contributed by atoms with Gasteiger partial charge in [0, 0.05) is 29.8 Å². The van der Waals surface area contributed by atoms with Gasteiger partial charge in [0.1, 0.15) is 0 Å². The zero-order valence-electron chi connectivity index (χ0n) is 20.5. The second kappa shape index (κ2) is 10.5. The molecule has 0 saturated heterocycles. The number of amides is 1. The predicted molar refractivity (Wildman–Crippen MR) is 140 cm³/mol. The van der Waals surface area contributed by atoms with Crippen LogP contribution in [0.4, 0.5) is 0 Å². The maximum absolute atomic E-state index is 13.2. The summed E-state index contributed by atoms with van der Waals surface area (Å²) in [5.41, 5.74) is 5.73. The summed E-state index contributed by atoms with van der Waals surface area (Å²) in [6.45, 7) is 10.1. The molecule has 0 fully saturated rings. The molecule has 4 rings (SSSR count). The highest BCUT2D eigenvalue weighted by Crippen LogP contribution is 2.29. The highest BCUT2D eigenvalue weighted by molar-refractivity contribution is 5.94. The molecule has 1 amide bonds. The first-order valence-electron chi connectivity index (χ1n) is 12.0. The zero-order chi connectivity index (χ0) is 24.1. The second-order valence-corrected chi connectivity index (χ2v) is 9.60. The van der Waals surface area contributed by atoms with Gasteiger partial charge in [-0.2, -0.15) is 5.10 Å². The van der Waals surface area contributed by atoms with E-state index in [0.717, 1.165) is 41.3 Å². The van der Waals surface area contributed by atoms with Gasteiger partial charge in [-0.15, -0.1) is 0 Å². The lowest BCUT2D eigenvalue weighted by Crippen LogP contribution is -2.37. The lowest BCUT2D eigenvalue weighted by Gasteiger charge is -2.26. The van der Waals surface area contributed by atoms with Crippen LogP contribution in [0.25, 0.3) is 28.2 Å². The number of rotatable bonds is 8. The van der Waals surface area contributed by atoms with Crippen LogP contribution in [0.15, 0.2) is 91.0 Å². The second-order valence-electron chi connectivity index (χ2n) is 9.60. The van der Waals surface area contributed by atoms with Crippen LogP contribution in [0.3, 0.4) is 0 Å². The Bertz CT molecular complexity index is 1200. The molecule has 0 aliphatic heterocycles. The van der Waals surface area contributed by atoms with Gasteiger partial charge in [0.2, 0.25) is 0 Å². The predicted octanol–water partition coefficient (Wildman–Crippen LogP) is 6.96. The molecular weight excluding hydrogens is 418 g/mol. The van der Waals surface area contributed by atoms with Gasteiger partial charge in [-0.25, -0.2) is 4.68 Å². The third-order valence-corrected chi connectivity index (χ3v) is 5.67. The van der Waals surface area contributed by atoms with E-state index >= 15 is 0 Å². The molecule has 1 heterocycles. The SMILES string of the molecule is CC(C)CN(CC(C)C)C(=O)c1ccc(-n2nc(-c3ccccc3)cc2-c2ccccc2)cc1. The Morgan fingerprint density at radius 1 is 0.765 bits per heavy atom. The summed E-state index contributed by atoms with van der Waals surface area (Å²) >= 11 is 0. The van der Waals surface area contributed by atoms with Crippen molar-refractivity contribution in [1.29, 1.82) is 0 Å². The van der Waals surface area contributed by atoms with Crippen molar-refractivity contribution < 1.29 is 4.79 Å². The number of nitrogens with zero attached hydrogens (tertiary/aromatic N) is 3. The first-order chi connectivity index (χ1) is 16.4. The molecule has 0 bridgehead atoms. The van der Waals surface area contributed by atoms with Gasteiger partial charge in [0.25, 0.3) is 5.91 Å². The van der Waals surface area contributed by atoms with Crippen molar-refractivity contribution in [3.05, 3.63) is 96.6 Å². The molecular formula is C30H33N3O. The van der Waals surface area contributed by atoms with Gasteiger partial charge in [-0.1, -0.05) is 88.4 Å². The van der Waals surface area contributed by atoms with Crippen molar-refractivity contribution >= 4 is 5.91 Å². The fourth-order valence-corrected chi connectivity index (χ4v) is 4.19. The van der Waals surface area contributed by atoms with E-state index in [-0.39, 0.29) is 5.91 Å². The molecule has 34 heavy (non-hydrogen) atoms. The first kappa shape index (κ1) is 23.5. The Kier molecular flexibility index (Phi) is 7.27. The fourth-order valence-electron chi connectivity index (χ4n) is 4.19. The van der Waals surface area contributed by atoms with E-state index in [1.807, 2.05) is 70.2 Å². The summed E-state index contributed by atoms with van der Waals surface area (Å²) in [5, 5.41) is 4.94. The standard InChI is InChI=1S/C30H33N3O/c1-22(2)20-32(21-23(3)4)30(34)26-15-17-27(18-16-26)33-29(25-13-9-6-10-14-25)19-28(31-33)24-11-7-5-8-12-24/h5-19,22-23H,20-21H2,1-4H3. The van der Waals surface area contributed by atoms with Gasteiger partial charge in [-0.05, 0) is 42.2 Å². The smallest absolute Gasteiger partial charge is 0.253 e. The van der Waals surface area contributed by atoms with Gasteiger partial charge in [-0.3, -0.25) is 4.79 Å². The van der Waals surface area contributed by atoms with E-state index in [1.165, 1.54) is 0 Å². The molecule has 174 valence electrons. The third-order valence-electron chi connectivity index (χ3n) is 5.67. The lowest BCUT2D eigenvalue weighted by molar-refractivity contribution is 0.0715. The highest BCUT2D eigenvalue weighted by atomic mass is 16.2. The highest BCUT2D eigenvalue weighted by Gasteiger charge is 2.19. The Morgan fingerprint density at radius 3 is 1.82 bits per heavy atom. The molecule has 1 aromatic heterocycles. The normalized spacial score (nSPS) is 11.2. The van der Waals surface area contributed by atoms with Crippen molar-refractivity contribution in [2.45, 2.75) is 27.7 Å². The summed E-state index contributed by atoms with van der Waals surface area (Å²) in [6.07, 6.45) is 0. The van der Waals surface area contributed by atoms with Crippen molar-refractivity contribution in [3.8, 4) is 28.2 Å². The summed E-state index contributed by atoms with van der Waals surface area (Å²) < 4.78 is 1.96. The van der Waals surface area contributed by atoms with Gasteiger partial charge < -0.3 is 4.90 Å². The van der Waals surface area contributed by atoms with E-state index in [1.54, 1.807) is 0 Å². The minimum absolute atomic E-state index is 0.0858. The minimum Gasteiger partial charge on any atom is -0.338 e. The van der Waals surface area contributed by atoms with Crippen molar-refractivity contribution in [2.75, 3.05) is 13.1 Å². The molecule has 0 aliphatic carbocycles. The van der Waals surface area contributed by atoms with Gasteiger partial charge in [0.05, 0.1) is 17.1 Å². The van der Waals surface area contributed by atoms with E-state index in [0.29, 0.717) is 17.4 Å². The molecule has 0 spiro atoms. The molecule has 0 aliphatic rings. The zero-order valence-corrected chi connectivity index (χ0v) is 20.5. The van der Waals surface area contributed by atoms with Crippen molar-refractivity contribution in [1.82, 2.24) is 14.7 Å². The summed E-state index contributed by atoms with van der Waals surface area (Å²) in [7, 11) is 0. The molecule has 4 aromatic rings. The fraction of sp³-hybridized carbons (Fsp3) is 0.267. The molecule has 0 atom stereocenters.